The number of aryl methyl sites for hydroxylation is 1. The Kier molecular flexibility index (Phi) is 7.63. The first kappa shape index (κ1) is 26.3. The van der Waals surface area contributed by atoms with Crippen LogP contribution in [0.25, 0.3) is 0 Å². The van der Waals surface area contributed by atoms with Crippen LogP contribution in [0.15, 0.2) is 53.0 Å². The van der Waals surface area contributed by atoms with Crippen molar-refractivity contribution < 1.29 is 28.5 Å². The number of likely N-dealkylation sites (N-methyl/N-ethyl adjacent to an activating group) is 1. The van der Waals surface area contributed by atoms with Crippen LogP contribution in [0.4, 0.5) is 5.69 Å². The Morgan fingerprint density at radius 1 is 0.865 bits per heavy atom. The van der Waals surface area contributed by atoms with Gasteiger partial charge in [-0.1, -0.05) is 22.0 Å². The van der Waals surface area contributed by atoms with E-state index in [4.69, 9.17) is 18.9 Å². The van der Waals surface area contributed by atoms with Gasteiger partial charge in [-0.25, -0.2) is 0 Å². The van der Waals surface area contributed by atoms with Gasteiger partial charge in [0.1, 0.15) is 0 Å². The van der Waals surface area contributed by atoms with Crippen LogP contribution >= 0.6 is 15.9 Å². The summed E-state index contributed by atoms with van der Waals surface area (Å²) in [6.07, 6.45) is 0. The molecule has 9 heteroatoms. The molecule has 194 valence electrons. The molecule has 3 aromatic carbocycles. The average molecular weight is 569 g/mol. The highest BCUT2D eigenvalue weighted by atomic mass is 79.9. The Bertz CT molecular complexity index is 1360. The Balaban J connectivity index is 1.91. The van der Waals surface area contributed by atoms with Gasteiger partial charge >= 0.3 is 0 Å². The van der Waals surface area contributed by atoms with Gasteiger partial charge in [0.15, 0.2) is 23.0 Å². The number of ether oxygens (including phenoxy) is 4. The Labute approximate surface area is 224 Å². The number of carbonyl (C=O) groups is 2. The fraction of sp³-hybridized carbons (Fsp3) is 0.286. The van der Waals surface area contributed by atoms with Crippen LogP contribution in [0.3, 0.4) is 0 Å². The third-order valence-electron chi connectivity index (χ3n) is 6.65. The lowest BCUT2D eigenvalue weighted by Gasteiger charge is -2.40. The number of carbonyl (C=O) groups excluding carboxylic acids is 2. The van der Waals surface area contributed by atoms with E-state index in [0.29, 0.717) is 39.8 Å². The molecule has 0 saturated carbocycles. The minimum Gasteiger partial charge on any atom is -0.493 e. The van der Waals surface area contributed by atoms with Crippen molar-refractivity contribution in [2.24, 2.45) is 0 Å². The second kappa shape index (κ2) is 10.7. The highest BCUT2D eigenvalue weighted by Gasteiger charge is 2.44. The van der Waals surface area contributed by atoms with Crippen LogP contribution in [0.1, 0.15) is 39.0 Å². The molecule has 0 fully saturated rings. The van der Waals surface area contributed by atoms with E-state index in [1.165, 1.54) is 14.2 Å². The second-order valence-corrected chi connectivity index (χ2v) is 9.61. The maximum Gasteiger partial charge on any atom is 0.254 e. The number of nitrogens with one attached hydrogen (secondary N) is 1. The van der Waals surface area contributed by atoms with Gasteiger partial charge in [-0.15, -0.1) is 0 Å². The lowest BCUT2D eigenvalue weighted by atomic mass is 9.79. The summed E-state index contributed by atoms with van der Waals surface area (Å²) in [6.45, 7) is 1.92. The molecule has 2 amide bonds. The first-order valence-electron chi connectivity index (χ1n) is 11.6. The molecule has 1 N–H and O–H groups in total. The topological polar surface area (TPSA) is 86.3 Å². The average Bonchev–Trinajstić information content (AvgIpc) is 2.90. The van der Waals surface area contributed by atoms with E-state index in [1.807, 2.05) is 31.2 Å². The fourth-order valence-electron chi connectivity index (χ4n) is 4.76. The Morgan fingerprint density at radius 3 is 2.11 bits per heavy atom. The minimum absolute atomic E-state index is 0.236. The van der Waals surface area contributed by atoms with Gasteiger partial charge in [-0.05, 0) is 66.1 Å². The highest BCUT2D eigenvalue weighted by molar-refractivity contribution is 9.10. The van der Waals surface area contributed by atoms with Crippen molar-refractivity contribution in [3.8, 4) is 23.0 Å². The molecule has 0 aliphatic carbocycles. The number of amides is 2. The quantitative estimate of drug-likeness (QED) is 0.414. The molecule has 4 rings (SSSR count). The van der Waals surface area contributed by atoms with E-state index >= 15 is 0 Å². The van der Waals surface area contributed by atoms with Crippen LogP contribution in [0.5, 0.6) is 23.0 Å². The van der Waals surface area contributed by atoms with Gasteiger partial charge in [0.2, 0.25) is 5.91 Å². The van der Waals surface area contributed by atoms with E-state index in [9.17, 15) is 9.59 Å². The molecule has 37 heavy (non-hydrogen) atoms. The van der Waals surface area contributed by atoms with Crippen molar-refractivity contribution in [2.75, 3.05) is 40.8 Å². The lowest BCUT2D eigenvalue weighted by Crippen LogP contribution is -2.44. The summed E-state index contributed by atoms with van der Waals surface area (Å²) in [5.41, 5.74) is 3.23. The van der Waals surface area contributed by atoms with Crippen molar-refractivity contribution >= 4 is 33.4 Å². The van der Waals surface area contributed by atoms with Crippen LogP contribution in [0, 0.1) is 6.92 Å². The van der Waals surface area contributed by atoms with Crippen molar-refractivity contribution in [3.05, 3.63) is 75.3 Å². The van der Waals surface area contributed by atoms with E-state index in [1.54, 1.807) is 50.4 Å². The molecular weight excluding hydrogens is 540 g/mol. The third-order valence-corrected chi connectivity index (χ3v) is 7.15. The van der Waals surface area contributed by atoms with Gasteiger partial charge in [0.25, 0.3) is 5.91 Å². The predicted octanol–water partition coefficient (Wildman–Crippen LogP) is 5.34. The van der Waals surface area contributed by atoms with Gasteiger partial charge in [-0.3, -0.25) is 9.59 Å². The molecule has 1 aliphatic heterocycles. The predicted molar refractivity (Wildman–Crippen MR) is 144 cm³/mol. The summed E-state index contributed by atoms with van der Waals surface area (Å²) in [4.78, 5) is 29.2. The maximum atomic E-state index is 14.0. The molecule has 0 aromatic heterocycles. The normalized spacial score (nSPS) is 16.6. The van der Waals surface area contributed by atoms with Gasteiger partial charge in [0, 0.05) is 22.8 Å². The number of hydrogen-bond donors (Lipinski definition) is 1. The van der Waals surface area contributed by atoms with E-state index < -0.39 is 12.0 Å². The molecule has 1 heterocycles. The SMILES string of the molecule is COc1ccc([C@H]2[C@@H](C(=O)Nc3ccc(Br)cc3C)c3cc(OC)c(OC)cc3C(=O)N2C)cc1OC. The van der Waals surface area contributed by atoms with Crippen LogP contribution in [-0.4, -0.2) is 52.2 Å². The molecule has 0 saturated heterocycles. The smallest absolute Gasteiger partial charge is 0.254 e. The molecule has 3 aromatic rings. The van der Waals surface area contributed by atoms with E-state index in [0.717, 1.165) is 15.6 Å². The molecule has 2 atom stereocenters. The fourth-order valence-corrected chi connectivity index (χ4v) is 5.24. The summed E-state index contributed by atoms with van der Waals surface area (Å²) in [5.74, 6) is 0.630. The monoisotopic (exact) mass is 568 g/mol. The van der Waals surface area contributed by atoms with Gasteiger partial charge in [0.05, 0.1) is 40.4 Å². The summed E-state index contributed by atoms with van der Waals surface area (Å²) in [7, 11) is 7.82. The summed E-state index contributed by atoms with van der Waals surface area (Å²) in [5, 5.41) is 3.07. The Hall–Kier alpha value is -3.72. The number of rotatable bonds is 7. The van der Waals surface area contributed by atoms with Crippen molar-refractivity contribution in [3.63, 3.8) is 0 Å². The number of anilines is 1. The number of hydrogen-bond acceptors (Lipinski definition) is 6. The van der Waals surface area contributed by atoms with Crippen molar-refractivity contribution in [1.29, 1.82) is 0 Å². The van der Waals surface area contributed by atoms with E-state index in [2.05, 4.69) is 21.2 Å². The summed E-state index contributed by atoms with van der Waals surface area (Å²) < 4.78 is 22.8. The summed E-state index contributed by atoms with van der Waals surface area (Å²) >= 11 is 3.47. The first-order chi connectivity index (χ1) is 17.7. The number of benzene rings is 3. The zero-order valence-electron chi connectivity index (χ0n) is 21.5. The van der Waals surface area contributed by atoms with Gasteiger partial charge < -0.3 is 29.2 Å². The van der Waals surface area contributed by atoms with E-state index in [-0.39, 0.29) is 11.8 Å². The zero-order valence-corrected chi connectivity index (χ0v) is 23.1. The molecular formula is C28H29BrN2O6. The first-order valence-corrected chi connectivity index (χ1v) is 12.3. The summed E-state index contributed by atoms with van der Waals surface area (Å²) in [6, 6.07) is 13.8. The highest BCUT2D eigenvalue weighted by Crippen LogP contribution is 2.47. The molecule has 1 aliphatic rings. The van der Waals surface area contributed by atoms with Crippen LogP contribution in [-0.2, 0) is 4.79 Å². The van der Waals surface area contributed by atoms with Crippen molar-refractivity contribution in [1.82, 2.24) is 4.90 Å². The Morgan fingerprint density at radius 2 is 1.49 bits per heavy atom. The second-order valence-electron chi connectivity index (χ2n) is 8.70. The number of methoxy groups -OCH3 is 4. The standard InChI is InChI=1S/C28H29BrN2O6/c1-15-11-17(29)8-9-20(15)30-27(32)25-18-13-23(36-5)24(37-6)14-19(18)28(33)31(2)26(25)16-7-10-21(34-3)22(12-16)35-4/h7-14,25-26H,1-6H3,(H,30,32)/t25-,26-/m0/s1. The molecule has 0 unspecified atom stereocenters. The lowest BCUT2D eigenvalue weighted by molar-refractivity contribution is -0.119. The largest absolute Gasteiger partial charge is 0.493 e. The molecule has 8 nitrogen and oxygen atoms in total. The zero-order chi connectivity index (χ0) is 26.9. The number of halogens is 1. The molecule has 0 radical (unpaired) electrons. The maximum absolute atomic E-state index is 14.0. The number of fused-ring (bicyclic) bond motifs is 1. The minimum atomic E-state index is -0.765. The van der Waals surface area contributed by atoms with Gasteiger partial charge in [-0.2, -0.15) is 0 Å². The third kappa shape index (κ3) is 4.83. The number of nitrogens with zero attached hydrogens (tertiary/aromatic N) is 1. The van der Waals surface area contributed by atoms with Crippen molar-refractivity contribution in [2.45, 2.75) is 18.9 Å². The molecule has 0 spiro atoms. The van der Waals surface area contributed by atoms with Crippen LogP contribution < -0.4 is 24.3 Å². The van der Waals surface area contributed by atoms with Crippen LogP contribution in [0.2, 0.25) is 0 Å². The molecule has 0 bridgehead atoms.